The third-order valence-electron chi connectivity index (χ3n) is 7.35. The van der Waals surface area contributed by atoms with E-state index in [4.69, 9.17) is 4.74 Å². The summed E-state index contributed by atoms with van der Waals surface area (Å²) >= 11 is 0. The second-order valence-electron chi connectivity index (χ2n) is 10.1. The molecule has 2 heterocycles. The van der Waals surface area contributed by atoms with Crippen molar-refractivity contribution in [3.05, 3.63) is 83.4 Å². The van der Waals surface area contributed by atoms with Gasteiger partial charge < -0.3 is 25.2 Å². The van der Waals surface area contributed by atoms with Gasteiger partial charge in [0.05, 0.1) is 19.2 Å². The SMILES string of the molecule is COC(=O)c1ccc2c(c1)NC(=O)C2=Cc1ccccc1Nc1ccc(N(C)C(=O)CN2CCN(C)CC2)cc1. The number of anilines is 4. The molecule has 1 saturated heterocycles. The first kappa shape index (κ1) is 27.1. The molecule has 3 aromatic carbocycles. The standard InChI is InChI=1S/C31H33N5O4/c1-34-14-16-36(17-15-34)20-29(37)35(2)24-11-9-23(10-12-24)32-27-7-5-4-6-21(27)18-26-25-13-8-22(31(39)40-3)19-28(25)33-30(26)38/h4-13,18-19,32H,14-17,20H2,1-3H3,(H,33,38). The average Bonchev–Trinajstić information content (AvgIpc) is 3.28. The number of para-hydroxylation sites is 1. The second-order valence-corrected chi connectivity index (χ2v) is 10.1. The molecule has 2 aliphatic rings. The van der Waals surface area contributed by atoms with Crippen LogP contribution in [-0.2, 0) is 14.3 Å². The molecule has 0 radical (unpaired) electrons. The van der Waals surface area contributed by atoms with Gasteiger partial charge in [-0.25, -0.2) is 4.79 Å². The Morgan fingerprint density at radius 2 is 1.75 bits per heavy atom. The number of methoxy groups -OCH3 is 1. The molecule has 0 aromatic heterocycles. The molecule has 0 saturated carbocycles. The van der Waals surface area contributed by atoms with Crippen LogP contribution in [0.1, 0.15) is 21.5 Å². The first-order valence-electron chi connectivity index (χ1n) is 13.2. The van der Waals surface area contributed by atoms with E-state index in [1.165, 1.54) is 7.11 Å². The summed E-state index contributed by atoms with van der Waals surface area (Å²) in [5.41, 5.74) is 5.53. The zero-order chi connectivity index (χ0) is 28.2. The lowest BCUT2D eigenvalue weighted by atomic mass is 10.0. The highest BCUT2D eigenvalue weighted by atomic mass is 16.5. The van der Waals surface area contributed by atoms with Gasteiger partial charge >= 0.3 is 5.97 Å². The van der Waals surface area contributed by atoms with E-state index in [0.717, 1.165) is 54.4 Å². The van der Waals surface area contributed by atoms with E-state index in [9.17, 15) is 14.4 Å². The summed E-state index contributed by atoms with van der Waals surface area (Å²) in [6.07, 6.45) is 1.83. The molecule has 0 spiro atoms. The van der Waals surface area contributed by atoms with Crippen molar-refractivity contribution < 1.29 is 19.1 Å². The van der Waals surface area contributed by atoms with Gasteiger partial charge in [0.15, 0.2) is 0 Å². The van der Waals surface area contributed by atoms with Crippen molar-refractivity contribution in [1.29, 1.82) is 0 Å². The first-order chi connectivity index (χ1) is 19.3. The predicted molar refractivity (Wildman–Crippen MR) is 158 cm³/mol. The van der Waals surface area contributed by atoms with Crippen molar-refractivity contribution in [3.8, 4) is 0 Å². The van der Waals surface area contributed by atoms with Crippen LogP contribution in [-0.4, -0.2) is 81.5 Å². The molecule has 0 bridgehead atoms. The van der Waals surface area contributed by atoms with E-state index in [-0.39, 0.29) is 11.8 Å². The number of carbonyl (C=O) groups is 3. The van der Waals surface area contributed by atoms with Crippen LogP contribution in [0.5, 0.6) is 0 Å². The largest absolute Gasteiger partial charge is 0.465 e. The second kappa shape index (κ2) is 11.7. The summed E-state index contributed by atoms with van der Waals surface area (Å²) in [4.78, 5) is 43.7. The average molecular weight is 540 g/mol. The number of rotatable bonds is 7. The zero-order valence-electron chi connectivity index (χ0n) is 22.9. The van der Waals surface area contributed by atoms with Gasteiger partial charge in [-0.15, -0.1) is 0 Å². The van der Waals surface area contributed by atoms with Crippen molar-refractivity contribution in [2.45, 2.75) is 0 Å². The van der Waals surface area contributed by atoms with Crippen molar-refractivity contribution in [2.75, 3.05) is 69.5 Å². The molecule has 0 atom stereocenters. The molecular weight excluding hydrogens is 506 g/mol. The number of likely N-dealkylation sites (N-methyl/N-ethyl adjacent to an activating group) is 2. The fourth-order valence-electron chi connectivity index (χ4n) is 4.85. The Morgan fingerprint density at radius 1 is 1.02 bits per heavy atom. The molecule has 0 aliphatic carbocycles. The molecule has 1 fully saturated rings. The normalized spacial score (nSPS) is 16.4. The Balaban J connectivity index is 1.30. The number of esters is 1. The van der Waals surface area contributed by atoms with Crippen LogP contribution in [0.3, 0.4) is 0 Å². The van der Waals surface area contributed by atoms with Crippen molar-refractivity contribution >= 4 is 52.2 Å². The Labute approximate surface area is 234 Å². The molecule has 5 rings (SSSR count). The summed E-state index contributed by atoms with van der Waals surface area (Å²) < 4.78 is 4.79. The number of piperazine rings is 1. The lowest BCUT2D eigenvalue weighted by molar-refractivity contribution is -0.119. The molecule has 0 unspecified atom stereocenters. The maximum Gasteiger partial charge on any atom is 0.337 e. The Hall–Kier alpha value is -4.47. The number of ether oxygens (including phenoxy) is 1. The number of fused-ring (bicyclic) bond motifs is 1. The molecular formula is C31H33N5O4. The van der Waals surface area contributed by atoms with E-state index in [1.807, 2.05) is 54.6 Å². The number of nitrogens with one attached hydrogen (secondary N) is 2. The van der Waals surface area contributed by atoms with Crippen LogP contribution >= 0.6 is 0 Å². The topological polar surface area (TPSA) is 94.2 Å². The summed E-state index contributed by atoms with van der Waals surface area (Å²) in [7, 11) is 5.23. The smallest absolute Gasteiger partial charge is 0.337 e. The molecule has 9 nitrogen and oxygen atoms in total. The van der Waals surface area contributed by atoms with Crippen LogP contribution in [0, 0.1) is 0 Å². The van der Waals surface area contributed by atoms with E-state index in [0.29, 0.717) is 23.4 Å². The number of hydrogen-bond donors (Lipinski definition) is 2. The first-order valence-corrected chi connectivity index (χ1v) is 13.2. The number of benzene rings is 3. The molecule has 206 valence electrons. The summed E-state index contributed by atoms with van der Waals surface area (Å²) in [5, 5.41) is 6.27. The number of carbonyl (C=O) groups excluding carboxylic acids is 3. The summed E-state index contributed by atoms with van der Waals surface area (Å²) in [6, 6.07) is 20.5. The van der Waals surface area contributed by atoms with E-state index >= 15 is 0 Å². The molecule has 2 N–H and O–H groups in total. The van der Waals surface area contributed by atoms with Gasteiger partial charge in [-0.2, -0.15) is 0 Å². The highest BCUT2D eigenvalue weighted by Gasteiger charge is 2.26. The summed E-state index contributed by atoms with van der Waals surface area (Å²) in [6.45, 7) is 4.16. The van der Waals surface area contributed by atoms with Gasteiger partial charge in [-0.1, -0.05) is 24.3 Å². The van der Waals surface area contributed by atoms with Crippen molar-refractivity contribution in [3.63, 3.8) is 0 Å². The molecule has 2 aliphatic heterocycles. The van der Waals surface area contributed by atoms with Gasteiger partial charge in [-0.05, 0) is 61.2 Å². The maximum absolute atomic E-state index is 12.9. The Morgan fingerprint density at radius 3 is 2.48 bits per heavy atom. The van der Waals surface area contributed by atoms with Crippen LogP contribution < -0.4 is 15.5 Å². The quantitative estimate of drug-likeness (QED) is 0.347. The highest BCUT2D eigenvalue weighted by molar-refractivity contribution is 6.35. The van der Waals surface area contributed by atoms with Gasteiger partial charge in [0.1, 0.15) is 0 Å². The Kier molecular flexibility index (Phi) is 7.95. The van der Waals surface area contributed by atoms with Gasteiger partial charge in [0, 0.05) is 67.1 Å². The molecule has 9 heteroatoms. The Bertz CT molecular complexity index is 1460. The van der Waals surface area contributed by atoms with Crippen molar-refractivity contribution in [1.82, 2.24) is 9.80 Å². The van der Waals surface area contributed by atoms with E-state index < -0.39 is 5.97 Å². The minimum Gasteiger partial charge on any atom is -0.465 e. The van der Waals surface area contributed by atoms with Crippen LogP contribution in [0.25, 0.3) is 11.6 Å². The fourth-order valence-corrected chi connectivity index (χ4v) is 4.85. The highest BCUT2D eigenvalue weighted by Crippen LogP contribution is 2.35. The number of hydrogen-bond acceptors (Lipinski definition) is 7. The van der Waals surface area contributed by atoms with Gasteiger partial charge in [0.2, 0.25) is 5.91 Å². The maximum atomic E-state index is 12.9. The third kappa shape index (κ3) is 5.90. The van der Waals surface area contributed by atoms with E-state index in [2.05, 4.69) is 27.5 Å². The molecule has 40 heavy (non-hydrogen) atoms. The van der Waals surface area contributed by atoms with E-state index in [1.54, 1.807) is 30.1 Å². The predicted octanol–water partition coefficient (Wildman–Crippen LogP) is 3.92. The lowest BCUT2D eigenvalue weighted by Gasteiger charge is -2.32. The van der Waals surface area contributed by atoms with Crippen LogP contribution in [0.4, 0.5) is 22.7 Å². The zero-order valence-corrected chi connectivity index (χ0v) is 22.9. The van der Waals surface area contributed by atoms with Gasteiger partial charge in [0.25, 0.3) is 5.91 Å². The molecule has 3 aromatic rings. The fraction of sp³-hybridized carbons (Fsp3) is 0.258. The van der Waals surface area contributed by atoms with Crippen LogP contribution in [0.2, 0.25) is 0 Å². The number of nitrogens with zero attached hydrogens (tertiary/aromatic N) is 3. The third-order valence-corrected chi connectivity index (χ3v) is 7.35. The number of amides is 2. The van der Waals surface area contributed by atoms with Gasteiger partial charge in [-0.3, -0.25) is 14.5 Å². The molecule has 2 amide bonds. The minimum absolute atomic E-state index is 0.0658. The van der Waals surface area contributed by atoms with Crippen molar-refractivity contribution in [2.24, 2.45) is 0 Å². The lowest BCUT2D eigenvalue weighted by Crippen LogP contribution is -2.48. The van der Waals surface area contributed by atoms with Crippen LogP contribution in [0.15, 0.2) is 66.7 Å². The monoisotopic (exact) mass is 539 g/mol. The minimum atomic E-state index is -0.458. The summed E-state index contributed by atoms with van der Waals surface area (Å²) in [5.74, 6) is -0.628.